The van der Waals surface area contributed by atoms with Crippen LogP contribution in [0.3, 0.4) is 0 Å². The highest BCUT2D eigenvalue weighted by Crippen LogP contribution is 2.41. The Labute approximate surface area is 255 Å². The van der Waals surface area contributed by atoms with Gasteiger partial charge in [-0.15, -0.1) is 0 Å². The average Bonchev–Trinajstić information content (AvgIpc) is 3.50. The number of nitrogens with zero attached hydrogens (tertiary/aromatic N) is 2. The number of pyridine rings is 1. The van der Waals surface area contributed by atoms with Gasteiger partial charge in [-0.25, -0.2) is 4.79 Å². The summed E-state index contributed by atoms with van der Waals surface area (Å²) in [4.78, 5) is 57.5. The molecular formula is C31H36Cl2N4O5. The van der Waals surface area contributed by atoms with Crippen molar-refractivity contribution in [3.8, 4) is 0 Å². The molecule has 2 saturated carbocycles. The fraction of sp³-hybridized carbons (Fsp3) is 0.516. The lowest BCUT2D eigenvalue weighted by Gasteiger charge is -2.50. The number of carboxylic acids is 1. The molecule has 2 saturated heterocycles. The number of fused-ring (bicyclic) bond motifs is 3. The van der Waals surface area contributed by atoms with E-state index in [0.29, 0.717) is 23.6 Å². The molecule has 42 heavy (non-hydrogen) atoms. The minimum absolute atomic E-state index is 0.0234. The topological polar surface area (TPSA) is 129 Å². The van der Waals surface area contributed by atoms with E-state index >= 15 is 0 Å². The lowest BCUT2D eigenvalue weighted by atomic mass is 9.74. The first-order valence-corrected chi connectivity index (χ1v) is 15.5. The number of piperidine rings is 2. The molecular weight excluding hydrogens is 579 g/mol. The molecule has 11 heteroatoms. The van der Waals surface area contributed by atoms with Crippen LogP contribution in [0.2, 0.25) is 10.0 Å². The SMILES string of the molecule is O=C(Nc1ccc(C[C@H](NC(=O)[C@@H]2C3CCC(CC3)N2C(=O)CCC2CCCC2)C(=O)O)cc1)c1c(Cl)cncc1Cl. The normalized spacial score (nSPS) is 22.5. The van der Waals surface area contributed by atoms with E-state index in [4.69, 9.17) is 23.2 Å². The molecule has 4 fully saturated rings. The molecule has 6 rings (SSSR count). The molecule has 0 spiro atoms. The van der Waals surface area contributed by atoms with E-state index in [1.807, 2.05) is 0 Å². The molecule has 1 aromatic heterocycles. The predicted octanol–water partition coefficient (Wildman–Crippen LogP) is 5.49. The Bertz CT molecular complexity index is 1300. The highest BCUT2D eigenvalue weighted by molar-refractivity contribution is 6.40. The molecule has 0 unspecified atom stereocenters. The van der Waals surface area contributed by atoms with E-state index in [9.17, 15) is 24.3 Å². The number of hydrogen-bond donors (Lipinski definition) is 3. The van der Waals surface area contributed by atoms with Crippen LogP contribution in [0.4, 0.5) is 5.69 Å². The third kappa shape index (κ3) is 6.89. The molecule has 2 bridgehead atoms. The van der Waals surface area contributed by atoms with Gasteiger partial charge in [0.1, 0.15) is 12.1 Å². The van der Waals surface area contributed by atoms with Gasteiger partial charge in [-0.3, -0.25) is 19.4 Å². The monoisotopic (exact) mass is 614 g/mol. The number of carboxylic acid groups (broad SMARTS) is 1. The Morgan fingerprint density at radius 1 is 0.952 bits per heavy atom. The minimum Gasteiger partial charge on any atom is -0.480 e. The highest BCUT2D eigenvalue weighted by Gasteiger charge is 2.47. The molecule has 3 amide bonds. The lowest BCUT2D eigenvalue weighted by molar-refractivity contribution is -0.155. The summed E-state index contributed by atoms with van der Waals surface area (Å²) in [6, 6.07) is 4.92. The van der Waals surface area contributed by atoms with Gasteiger partial charge in [-0.1, -0.05) is 61.0 Å². The quantitative estimate of drug-likeness (QED) is 0.324. The number of halogens is 2. The number of carbonyl (C=O) groups excluding carboxylic acids is 3. The summed E-state index contributed by atoms with van der Waals surface area (Å²) in [5, 5.41) is 15.7. The number of benzene rings is 1. The van der Waals surface area contributed by atoms with Crippen LogP contribution in [0.1, 0.15) is 80.1 Å². The summed E-state index contributed by atoms with van der Waals surface area (Å²) < 4.78 is 0. The van der Waals surface area contributed by atoms with E-state index in [2.05, 4.69) is 15.6 Å². The van der Waals surface area contributed by atoms with Gasteiger partial charge in [0, 0.05) is 37.0 Å². The number of hydrogen-bond acceptors (Lipinski definition) is 5. The Hall–Kier alpha value is -3.17. The second kappa shape index (κ2) is 13.4. The highest BCUT2D eigenvalue weighted by atomic mass is 35.5. The van der Waals surface area contributed by atoms with Crippen molar-refractivity contribution in [3.63, 3.8) is 0 Å². The fourth-order valence-corrected chi connectivity index (χ4v) is 7.38. The number of aliphatic carboxylic acids is 1. The molecule has 3 N–H and O–H groups in total. The van der Waals surface area contributed by atoms with Crippen LogP contribution < -0.4 is 10.6 Å². The van der Waals surface area contributed by atoms with Crippen LogP contribution in [0.25, 0.3) is 0 Å². The smallest absolute Gasteiger partial charge is 0.326 e. The van der Waals surface area contributed by atoms with Crippen LogP contribution in [0, 0.1) is 11.8 Å². The van der Waals surface area contributed by atoms with Crippen molar-refractivity contribution in [2.24, 2.45) is 11.8 Å². The van der Waals surface area contributed by atoms with Gasteiger partial charge in [0.15, 0.2) is 0 Å². The Kier molecular flexibility index (Phi) is 9.68. The molecule has 2 aromatic rings. The zero-order chi connectivity index (χ0) is 29.8. The maximum atomic E-state index is 13.6. The van der Waals surface area contributed by atoms with E-state index in [1.54, 1.807) is 29.2 Å². The van der Waals surface area contributed by atoms with Crippen LogP contribution in [0.5, 0.6) is 0 Å². The first-order chi connectivity index (χ1) is 20.2. The van der Waals surface area contributed by atoms with Crippen molar-refractivity contribution in [1.29, 1.82) is 0 Å². The first-order valence-electron chi connectivity index (χ1n) is 14.7. The Morgan fingerprint density at radius 2 is 1.60 bits per heavy atom. The zero-order valence-corrected chi connectivity index (χ0v) is 24.9. The van der Waals surface area contributed by atoms with Crippen molar-refractivity contribution in [2.45, 2.75) is 88.8 Å². The van der Waals surface area contributed by atoms with Gasteiger partial charge >= 0.3 is 5.97 Å². The summed E-state index contributed by atoms with van der Waals surface area (Å²) in [5.41, 5.74) is 1.23. The third-order valence-corrected chi connectivity index (χ3v) is 9.60. The molecule has 224 valence electrons. The zero-order valence-electron chi connectivity index (χ0n) is 23.4. The predicted molar refractivity (Wildman–Crippen MR) is 159 cm³/mol. The first kappa shape index (κ1) is 30.3. The standard InChI is InChI=1S/C31H36Cl2N4O5/c32-23-16-34-17-24(33)27(23)29(39)35-21-10-5-19(6-11-21)15-25(31(41)42)36-30(40)28-20-8-12-22(13-9-20)37(28)26(38)14-7-18-3-1-2-4-18/h5-6,10-11,16-18,20,22,25,28H,1-4,7-9,12-15H2,(H,35,39)(H,36,40)(H,41,42)/t20?,22?,25-,28-/m0/s1. The van der Waals surface area contributed by atoms with E-state index in [1.165, 1.54) is 38.1 Å². The van der Waals surface area contributed by atoms with Gasteiger partial charge < -0.3 is 20.6 Å². The molecule has 3 heterocycles. The minimum atomic E-state index is -1.16. The van der Waals surface area contributed by atoms with Gasteiger partial charge in [0.2, 0.25) is 11.8 Å². The van der Waals surface area contributed by atoms with Gasteiger partial charge in [-0.2, -0.15) is 0 Å². The summed E-state index contributed by atoms with van der Waals surface area (Å²) in [7, 11) is 0. The summed E-state index contributed by atoms with van der Waals surface area (Å²) in [6.45, 7) is 0. The van der Waals surface area contributed by atoms with Crippen molar-refractivity contribution in [1.82, 2.24) is 15.2 Å². The molecule has 2 aliphatic carbocycles. The number of nitrogens with one attached hydrogen (secondary N) is 2. The molecule has 1 aromatic carbocycles. The maximum absolute atomic E-state index is 13.6. The molecule has 2 aliphatic heterocycles. The van der Waals surface area contributed by atoms with E-state index < -0.39 is 24.0 Å². The van der Waals surface area contributed by atoms with Crippen molar-refractivity contribution >= 4 is 52.6 Å². The fourth-order valence-electron chi connectivity index (χ4n) is 6.84. The summed E-state index contributed by atoms with van der Waals surface area (Å²) in [5.74, 6) is -1.38. The van der Waals surface area contributed by atoms with E-state index in [-0.39, 0.29) is 45.8 Å². The maximum Gasteiger partial charge on any atom is 0.326 e. The lowest BCUT2D eigenvalue weighted by Crippen LogP contribution is -2.64. The van der Waals surface area contributed by atoms with Crippen molar-refractivity contribution in [2.75, 3.05) is 5.32 Å². The van der Waals surface area contributed by atoms with Gasteiger partial charge in [0.25, 0.3) is 5.91 Å². The van der Waals surface area contributed by atoms with Gasteiger partial charge in [-0.05, 0) is 61.6 Å². The van der Waals surface area contributed by atoms with E-state index in [0.717, 1.165) is 32.1 Å². The van der Waals surface area contributed by atoms with Crippen LogP contribution in [0.15, 0.2) is 36.7 Å². The number of rotatable bonds is 10. The molecule has 0 radical (unpaired) electrons. The second-order valence-electron chi connectivity index (χ2n) is 11.7. The van der Waals surface area contributed by atoms with Crippen molar-refractivity contribution < 1.29 is 24.3 Å². The number of aromatic nitrogens is 1. The van der Waals surface area contributed by atoms with Crippen LogP contribution in [-0.2, 0) is 20.8 Å². The summed E-state index contributed by atoms with van der Waals surface area (Å²) >= 11 is 12.1. The molecule has 2 atom stereocenters. The van der Waals surface area contributed by atoms with Crippen LogP contribution >= 0.6 is 23.2 Å². The molecule has 4 aliphatic rings. The molecule has 9 nitrogen and oxygen atoms in total. The number of amides is 3. The number of carbonyl (C=O) groups is 4. The largest absolute Gasteiger partial charge is 0.480 e. The Balaban J connectivity index is 1.22. The number of anilines is 1. The van der Waals surface area contributed by atoms with Gasteiger partial charge in [0.05, 0.1) is 15.6 Å². The van der Waals surface area contributed by atoms with Crippen LogP contribution in [-0.4, -0.2) is 56.8 Å². The summed E-state index contributed by atoms with van der Waals surface area (Å²) in [6.07, 6.45) is 12.3. The average molecular weight is 616 g/mol. The Morgan fingerprint density at radius 3 is 2.21 bits per heavy atom. The second-order valence-corrected chi connectivity index (χ2v) is 12.6. The third-order valence-electron chi connectivity index (χ3n) is 9.03. The van der Waals surface area contributed by atoms with Crippen molar-refractivity contribution in [3.05, 3.63) is 57.8 Å².